The summed E-state index contributed by atoms with van der Waals surface area (Å²) in [6.07, 6.45) is 5.09. The first-order valence-corrected chi connectivity index (χ1v) is 46.6. The Morgan fingerprint density at radius 3 is 1.75 bits per heavy atom. The van der Waals surface area contributed by atoms with E-state index in [2.05, 4.69) is 78.4 Å². The van der Waals surface area contributed by atoms with E-state index in [1.54, 1.807) is 62.6 Å². The number of imidazole rings is 1. The molecule has 134 heavy (non-hydrogen) atoms. The van der Waals surface area contributed by atoms with E-state index in [-0.39, 0.29) is 109 Å². The van der Waals surface area contributed by atoms with Gasteiger partial charge < -0.3 is 121 Å². The van der Waals surface area contributed by atoms with E-state index < -0.39 is 216 Å². The van der Waals surface area contributed by atoms with E-state index in [0.29, 0.717) is 64.5 Å². The number of nitrogens with one attached hydrogen (secondary N) is 15. The molecule has 6 aromatic rings. The fraction of sp³-hybridized carbons (Fsp3) is 0.538. The molecule has 3 aromatic carbocycles. The number of aliphatic hydroxyl groups excluding tert-OH is 1. The number of hydrogen-bond donors (Lipinski definition) is 20. The van der Waals surface area contributed by atoms with Crippen molar-refractivity contribution >= 4 is 134 Å². The SMILES string of the molecule is CCCC[C@H]1C(=O)N(C)[C@@H](CCCC)C(=O)N[C@@H](CCCNC(=N)N)C(=O)N[C@H](C(=O)NCC(N)=O)CSCC(=O)N[C@@H](Cc2ccccc2)C(=O)N(C)[C@@H](C)C(=O)N[C@@H](CC(N)=O)C(=O)N2CCC[C@H]2C(=O)N[C@@H](Cc2cnc[nH]2)C(=O)N[C@@H](CC(C)C)C(=O)N(C)CC(=O)N[C@@H](Cc2c[nH]c3ccccc23)C(=O)N[C@@H](CCCN)C(O)N[C@@H](Cc2c[nH]c3ccccc23)C(=O)N1C. The smallest absolute Gasteiger partial charge is 0.246 e. The quantitative estimate of drug-likeness (QED) is 0.0149. The standard InChI is InChI=1S/C91H133N25O17S/c1-10-12-32-71-84(127)106-63(31-22-36-98-91(95)96)81(124)111-70(79(122)101-47-75(94)118)49-134-50-77(120)104-67(39-54-24-15-14-16-25-54)87(130)113(7)53(5)78(121)108-69(43-74(93)117)89(132)116-37-23-34-72(116)85(128)107-65(42-57-46-97-51-102-57)83(126)109-66(38-52(3)4)86(129)112(6)48-76(119)103-64(40-55-44-99-60-28-19-17-26-58(55)60)82(125)105-62(30-21-35-92)80(123)110-68(41-56-45-100-61-29-20-18-27-59(56)61)88(131)115(9)73(33-13-11-2)90(133)114(71)8/h14-20,24-29,44-46,51-53,62-73,80,99-100,110,123H,10-13,21-23,30-43,47-50,92H2,1-9H3,(H2,93,117)(H2,94,118)(H,97,102)(H,101,122)(H,103,119)(H,104,120)(H,105,125)(H,106,127)(H,107,128)(H,108,121)(H,109,126)(H,111,124)(H4,95,96,98)/t53-,62-,63-,64-,65-,66-,67-,68-,69-,70-,71-,72-,73-,80?/m0/s1. The molecule has 0 aliphatic carbocycles. The van der Waals surface area contributed by atoms with Crippen molar-refractivity contribution in [2.75, 3.05) is 72.4 Å². The van der Waals surface area contributed by atoms with Crippen molar-refractivity contribution < 1.29 is 81.8 Å². The lowest BCUT2D eigenvalue weighted by molar-refractivity contribution is -0.149. The first-order chi connectivity index (χ1) is 63.9. The molecule has 24 N–H and O–H groups in total. The number of fused-ring (bicyclic) bond motifs is 3. The van der Waals surface area contributed by atoms with Gasteiger partial charge >= 0.3 is 0 Å². The van der Waals surface area contributed by atoms with Gasteiger partial charge in [-0.2, -0.15) is 0 Å². The molecule has 1 unspecified atom stereocenters. The topological polar surface area (TPSA) is 630 Å². The zero-order chi connectivity index (χ0) is 98.0. The molecule has 0 spiro atoms. The molecule has 730 valence electrons. The van der Waals surface area contributed by atoms with Crippen molar-refractivity contribution in [3.05, 3.63) is 126 Å². The Labute approximate surface area is 782 Å². The minimum absolute atomic E-state index is 0.00137. The molecule has 2 fully saturated rings. The number of H-pyrrole nitrogens is 3. The fourth-order valence-electron chi connectivity index (χ4n) is 16.3. The van der Waals surface area contributed by atoms with E-state index in [0.717, 1.165) is 31.8 Å². The first-order valence-electron chi connectivity index (χ1n) is 45.4. The number of benzene rings is 3. The zero-order valence-corrected chi connectivity index (χ0v) is 78.3. The third-order valence-corrected chi connectivity index (χ3v) is 24.8. The predicted octanol–water partition coefficient (Wildman–Crippen LogP) is -1.60. The molecule has 8 rings (SSSR count). The van der Waals surface area contributed by atoms with Crippen LogP contribution in [0.25, 0.3) is 21.8 Å². The summed E-state index contributed by atoms with van der Waals surface area (Å²) in [7, 11) is 5.41. The van der Waals surface area contributed by atoms with Gasteiger partial charge in [-0.05, 0) is 112 Å². The van der Waals surface area contributed by atoms with E-state index in [9.17, 15) is 62.6 Å². The van der Waals surface area contributed by atoms with Crippen molar-refractivity contribution in [1.29, 1.82) is 5.41 Å². The molecule has 0 bridgehead atoms. The maximum absolute atomic E-state index is 15.9. The van der Waals surface area contributed by atoms with Crippen LogP contribution in [0.3, 0.4) is 0 Å². The van der Waals surface area contributed by atoms with E-state index in [1.807, 2.05) is 56.3 Å². The number of likely N-dealkylation sites (N-methyl/N-ethyl adjacent to an activating group) is 4. The second kappa shape index (κ2) is 52.4. The van der Waals surface area contributed by atoms with Crippen LogP contribution >= 0.6 is 11.8 Å². The maximum Gasteiger partial charge on any atom is 0.246 e. The van der Waals surface area contributed by atoms with E-state index >= 15 is 19.2 Å². The third kappa shape index (κ3) is 31.3. The van der Waals surface area contributed by atoms with Crippen LogP contribution in [0.1, 0.15) is 147 Å². The zero-order valence-electron chi connectivity index (χ0n) is 77.5. The minimum Gasteiger partial charge on any atom is -0.376 e. The van der Waals surface area contributed by atoms with Gasteiger partial charge in [0.1, 0.15) is 72.7 Å². The average molecular weight is 1880 g/mol. The van der Waals surface area contributed by atoms with Crippen LogP contribution in [0.2, 0.25) is 0 Å². The lowest BCUT2D eigenvalue weighted by atomic mass is 9.99. The molecule has 43 heteroatoms. The van der Waals surface area contributed by atoms with Gasteiger partial charge in [0.15, 0.2) is 5.96 Å². The molecule has 42 nitrogen and oxygen atoms in total. The van der Waals surface area contributed by atoms with Gasteiger partial charge in [0, 0.05) is 112 Å². The molecule has 5 heterocycles. The van der Waals surface area contributed by atoms with Crippen molar-refractivity contribution in [3.8, 4) is 0 Å². The number of unbranched alkanes of at least 4 members (excludes halogenated alkanes) is 2. The minimum atomic E-state index is -1.79. The summed E-state index contributed by atoms with van der Waals surface area (Å²) in [6, 6.07) is 4.36. The van der Waals surface area contributed by atoms with Crippen molar-refractivity contribution in [2.45, 2.75) is 235 Å². The van der Waals surface area contributed by atoms with Crippen molar-refractivity contribution in [3.63, 3.8) is 0 Å². The molecule has 14 atom stereocenters. The molecule has 2 aliphatic rings. The second-order valence-corrected chi connectivity index (χ2v) is 35.6. The van der Waals surface area contributed by atoms with Gasteiger partial charge in [-0.1, -0.05) is 120 Å². The van der Waals surface area contributed by atoms with E-state index in [4.69, 9.17) is 28.3 Å². The third-order valence-electron chi connectivity index (χ3n) is 23.8. The number of aliphatic hydroxyl groups is 1. The van der Waals surface area contributed by atoms with Gasteiger partial charge in [0.05, 0.1) is 43.7 Å². The van der Waals surface area contributed by atoms with Crippen molar-refractivity contribution in [1.82, 2.24) is 103 Å². The Morgan fingerprint density at radius 1 is 0.560 bits per heavy atom. The molecular weight excluding hydrogens is 1750 g/mol. The fourth-order valence-corrected chi connectivity index (χ4v) is 17.2. The number of rotatable bonds is 28. The first kappa shape index (κ1) is 106. The van der Waals surface area contributed by atoms with Crippen LogP contribution in [0.15, 0.2) is 104 Å². The molecule has 0 radical (unpaired) electrons. The van der Waals surface area contributed by atoms with Crippen LogP contribution in [-0.2, 0) is 102 Å². The highest BCUT2D eigenvalue weighted by Crippen LogP contribution is 2.27. The number of aromatic nitrogens is 4. The highest BCUT2D eigenvalue weighted by Gasteiger charge is 2.44. The van der Waals surface area contributed by atoms with Crippen LogP contribution < -0.4 is 81.4 Å². The summed E-state index contributed by atoms with van der Waals surface area (Å²) in [5.74, 6) is -15.4. The van der Waals surface area contributed by atoms with Crippen LogP contribution in [0.4, 0.5) is 0 Å². The number of carbonyl (C=O) groups excluding carboxylic acids is 16. The Kier molecular flexibility index (Phi) is 41.6. The predicted molar refractivity (Wildman–Crippen MR) is 502 cm³/mol. The summed E-state index contributed by atoms with van der Waals surface area (Å²) in [6.45, 7) is 7.26. The number of thioether (sulfide) groups is 1. The van der Waals surface area contributed by atoms with Crippen LogP contribution in [0, 0.1) is 11.3 Å². The lowest BCUT2D eigenvalue weighted by Crippen LogP contribution is -2.62. The molecule has 16 amide bonds. The molecule has 3 aromatic heterocycles. The number of nitrogens with two attached hydrogens (primary N) is 4. The Hall–Kier alpha value is -13.0. The van der Waals surface area contributed by atoms with E-state index in [1.165, 1.54) is 57.4 Å². The number of carbonyl (C=O) groups is 16. The van der Waals surface area contributed by atoms with Gasteiger partial charge in [0.25, 0.3) is 0 Å². The molecular formula is C91H133N25O17S. The number of primary amides is 2. The monoisotopic (exact) mass is 1880 g/mol. The van der Waals surface area contributed by atoms with Crippen LogP contribution in [-0.4, -0.2) is 307 Å². The number of hydrogen-bond acceptors (Lipinski definition) is 22. The normalized spacial score (nSPS) is 23.9. The Balaban J connectivity index is 1.19. The summed E-state index contributed by atoms with van der Waals surface area (Å²) in [4.78, 5) is 254. The number of aromatic amines is 3. The number of guanidine groups is 1. The van der Waals surface area contributed by atoms with Gasteiger partial charge in [-0.25, -0.2) is 4.98 Å². The number of nitrogens with zero attached hydrogens (tertiary/aromatic N) is 6. The summed E-state index contributed by atoms with van der Waals surface area (Å²) in [5, 5.41) is 52.2. The Morgan fingerprint density at radius 2 is 1.13 bits per heavy atom. The van der Waals surface area contributed by atoms with Gasteiger partial charge in [0.2, 0.25) is 94.5 Å². The van der Waals surface area contributed by atoms with Gasteiger partial charge in [-0.3, -0.25) is 87.4 Å². The lowest BCUT2D eigenvalue weighted by Gasteiger charge is -2.37. The second-order valence-electron chi connectivity index (χ2n) is 34.6. The van der Waals surface area contributed by atoms with Crippen molar-refractivity contribution in [2.24, 2.45) is 28.9 Å². The maximum atomic E-state index is 15.9. The molecule has 0 saturated carbocycles. The summed E-state index contributed by atoms with van der Waals surface area (Å²) >= 11 is 0.807. The summed E-state index contributed by atoms with van der Waals surface area (Å²) in [5.41, 5.74) is 26.5. The van der Waals surface area contributed by atoms with Crippen LogP contribution in [0.5, 0.6) is 0 Å². The highest BCUT2D eigenvalue weighted by atomic mass is 32.2. The van der Waals surface area contributed by atoms with Gasteiger partial charge in [-0.15, -0.1) is 11.8 Å². The summed E-state index contributed by atoms with van der Waals surface area (Å²) < 4.78 is 0. The highest BCUT2D eigenvalue weighted by molar-refractivity contribution is 8.00. The number of amides is 16. The number of para-hydroxylation sites is 2. The Bertz CT molecular complexity index is 5030. The average Bonchev–Trinajstić information content (AvgIpc) is 1.71. The molecule has 2 aliphatic heterocycles. The molecule has 2 saturated heterocycles. The largest absolute Gasteiger partial charge is 0.376 e.